The number of aliphatic hydroxyl groups excluding tert-OH is 1. The second-order valence-corrected chi connectivity index (χ2v) is 11.5. The van der Waals surface area contributed by atoms with Crippen LogP contribution in [0.5, 0.6) is 0 Å². The maximum absolute atomic E-state index is 13.5. The number of fused-ring (bicyclic) bond motifs is 3. The summed E-state index contributed by atoms with van der Waals surface area (Å²) in [6.45, 7) is 0. The molecule has 7 rings (SSSR count). The van der Waals surface area contributed by atoms with Crippen LogP contribution in [0.4, 0.5) is 5.69 Å². The lowest BCUT2D eigenvalue weighted by molar-refractivity contribution is 0.0920. The van der Waals surface area contributed by atoms with Gasteiger partial charge in [0.1, 0.15) is 0 Å². The van der Waals surface area contributed by atoms with Crippen LogP contribution in [0.25, 0.3) is 22.2 Å². The number of aromatic nitrogens is 3. The van der Waals surface area contributed by atoms with E-state index in [0.717, 1.165) is 66.4 Å². The topological polar surface area (TPSA) is 94.1 Å². The molecule has 4 heterocycles. The van der Waals surface area contributed by atoms with Crippen molar-refractivity contribution in [2.24, 2.45) is 5.92 Å². The lowest BCUT2D eigenvalue weighted by atomic mass is 9.94. The summed E-state index contributed by atoms with van der Waals surface area (Å²) >= 11 is 0. The second-order valence-electron chi connectivity index (χ2n) is 11.5. The zero-order valence-electron chi connectivity index (χ0n) is 22.1. The lowest BCUT2D eigenvalue weighted by Crippen LogP contribution is -2.44. The second kappa shape index (κ2) is 10.1. The third-order valence-electron chi connectivity index (χ3n) is 9.14. The fourth-order valence-corrected chi connectivity index (χ4v) is 7.25. The molecule has 7 nitrogen and oxygen atoms in total. The lowest BCUT2D eigenvalue weighted by Gasteiger charge is -2.39. The predicted molar refractivity (Wildman–Crippen MR) is 152 cm³/mol. The third kappa shape index (κ3) is 4.59. The number of benzene rings is 2. The van der Waals surface area contributed by atoms with Gasteiger partial charge in [-0.05, 0) is 86.9 Å². The Bertz CT molecular complexity index is 1450. The van der Waals surface area contributed by atoms with Crippen molar-refractivity contribution in [3.8, 4) is 11.3 Å². The van der Waals surface area contributed by atoms with Crippen LogP contribution >= 0.6 is 0 Å². The maximum Gasteiger partial charge on any atom is 0.251 e. The van der Waals surface area contributed by atoms with Crippen molar-refractivity contribution < 1.29 is 9.90 Å². The number of rotatable bonds is 6. The first-order chi connectivity index (χ1) is 19.1. The van der Waals surface area contributed by atoms with E-state index < -0.39 is 0 Å². The number of nitrogens with one attached hydrogen (secondary N) is 2. The average molecular weight is 522 g/mol. The van der Waals surface area contributed by atoms with E-state index in [1.807, 2.05) is 36.4 Å². The Morgan fingerprint density at radius 2 is 1.74 bits per heavy atom. The number of aliphatic hydroxyl groups is 1. The number of pyridine rings is 1. The van der Waals surface area contributed by atoms with E-state index in [1.54, 1.807) is 6.20 Å². The maximum atomic E-state index is 13.5. The zero-order chi connectivity index (χ0) is 26.3. The Balaban J connectivity index is 1.14. The Labute approximate surface area is 228 Å². The molecule has 1 aliphatic carbocycles. The van der Waals surface area contributed by atoms with Gasteiger partial charge in [0.2, 0.25) is 0 Å². The van der Waals surface area contributed by atoms with Crippen molar-refractivity contribution in [1.29, 1.82) is 0 Å². The number of piperidine rings is 1. The molecule has 3 aliphatic rings. The van der Waals surface area contributed by atoms with Gasteiger partial charge in [-0.2, -0.15) is 5.10 Å². The molecule has 3 N–H and O–H groups in total. The SMILES string of the molecule is O=C(N[C@H](c1ccccn1)C1CCCC1)c1ccc2[nH]nc(-c3ccc(N4[C@@H]5CC[C@H]4C[C@H](O)C5)cc3)c2c1. The van der Waals surface area contributed by atoms with Gasteiger partial charge in [0.05, 0.1) is 29.1 Å². The number of anilines is 1. The van der Waals surface area contributed by atoms with Gasteiger partial charge in [0.15, 0.2) is 0 Å². The first-order valence-electron chi connectivity index (χ1n) is 14.4. The highest BCUT2D eigenvalue weighted by molar-refractivity contribution is 6.01. The summed E-state index contributed by atoms with van der Waals surface area (Å²) in [6, 6.07) is 21.1. The first kappa shape index (κ1) is 24.3. The Morgan fingerprint density at radius 1 is 0.974 bits per heavy atom. The molecule has 39 heavy (non-hydrogen) atoms. The summed E-state index contributed by atoms with van der Waals surface area (Å²) in [5, 5.41) is 22.2. The molecule has 0 radical (unpaired) electrons. The highest BCUT2D eigenvalue weighted by atomic mass is 16.3. The molecule has 2 bridgehead atoms. The zero-order valence-corrected chi connectivity index (χ0v) is 22.1. The molecule has 4 aromatic rings. The summed E-state index contributed by atoms with van der Waals surface area (Å²) in [5.74, 6) is 0.332. The van der Waals surface area contributed by atoms with E-state index in [0.29, 0.717) is 23.6 Å². The Hall–Kier alpha value is -3.71. The number of aromatic amines is 1. The van der Waals surface area contributed by atoms with Crippen molar-refractivity contribution in [2.45, 2.75) is 75.6 Å². The van der Waals surface area contributed by atoms with E-state index in [4.69, 9.17) is 0 Å². The van der Waals surface area contributed by atoms with Crippen molar-refractivity contribution >= 4 is 22.5 Å². The largest absolute Gasteiger partial charge is 0.393 e. The van der Waals surface area contributed by atoms with Gasteiger partial charge in [0, 0.05) is 40.5 Å². The third-order valence-corrected chi connectivity index (χ3v) is 9.14. The molecule has 3 fully saturated rings. The normalized spacial score (nSPS) is 23.8. The summed E-state index contributed by atoms with van der Waals surface area (Å²) in [7, 11) is 0. The van der Waals surface area contributed by atoms with E-state index in [9.17, 15) is 9.90 Å². The molecule has 4 atom stereocenters. The minimum Gasteiger partial charge on any atom is -0.393 e. The number of nitrogens with zero attached hydrogens (tertiary/aromatic N) is 3. The highest BCUT2D eigenvalue weighted by Crippen LogP contribution is 2.40. The van der Waals surface area contributed by atoms with Crippen molar-refractivity contribution in [2.75, 3.05) is 4.90 Å². The predicted octanol–water partition coefficient (Wildman–Crippen LogP) is 5.78. The van der Waals surface area contributed by atoms with Crippen LogP contribution < -0.4 is 10.2 Å². The molecule has 2 aromatic carbocycles. The molecule has 7 heteroatoms. The minimum atomic E-state index is -0.169. The average Bonchev–Trinajstić information content (AvgIpc) is 3.70. The smallest absolute Gasteiger partial charge is 0.251 e. The van der Waals surface area contributed by atoms with Crippen LogP contribution in [-0.2, 0) is 0 Å². The van der Waals surface area contributed by atoms with Crippen LogP contribution in [0.2, 0.25) is 0 Å². The van der Waals surface area contributed by atoms with Gasteiger partial charge in [-0.15, -0.1) is 0 Å². The summed E-state index contributed by atoms with van der Waals surface area (Å²) in [6.07, 6.45) is 10.3. The quantitative estimate of drug-likeness (QED) is 0.299. The molecule has 2 saturated heterocycles. The van der Waals surface area contributed by atoms with E-state index in [2.05, 4.69) is 49.7 Å². The molecular weight excluding hydrogens is 486 g/mol. The number of carbonyl (C=O) groups excluding carboxylic acids is 1. The molecule has 0 spiro atoms. The van der Waals surface area contributed by atoms with Crippen LogP contribution in [0.1, 0.15) is 73.5 Å². The molecule has 1 saturated carbocycles. The van der Waals surface area contributed by atoms with Gasteiger partial charge < -0.3 is 15.3 Å². The van der Waals surface area contributed by atoms with Crippen molar-refractivity contribution in [1.82, 2.24) is 20.5 Å². The van der Waals surface area contributed by atoms with E-state index in [-0.39, 0.29) is 18.1 Å². The fraction of sp³-hybridized carbons (Fsp3) is 0.406. The monoisotopic (exact) mass is 521 g/mol. The number of H-pyrrole nitrogens is 1. The van der Waals surface area contributed by atoms with Gasteiger partial charge in [-0.1, -0.05) is 31.0 Å². The van der Waals surface area contributed by atoms with E-state index in [1.165, 1.54) is 18.5 Å². The standard InChI is InChI=1S/C32H35N5O2/c38-26-18-24-13-14-25(19-26)37(24)23-11-8-21(9-12-23)30-27-17-22(10-15-28(27)35-36-30)32(39)34-31(20-5-1-2-6-20)29-7-3-4-16-33-29/h3-4,7-12,15-17,20,24-26,31,38H,1-2,5-6,13-14,18-19H2,(H,34,39)(H,35,36)/t24-,25+,26-,31-/m0/s1. The fourth-order valence-electron chi connectivity index (χ4n) is 7.25. The van der Waals surface area contributed by atoms with Gasteiger partial charge in [-0.3, -0.25) is 14.9 Å². The highest BCUT2D eigenvalue weighted by Gasteiger charge is 2.40. The first-order valence-corrected chi connectivity index (χ1v) is 14.4. The number of carbonyl (C=O) groups is 1. The summed E-state index contributed by atoms with van der Waals surface area (Å²) in [4.78, 5) is 20.6. The molecular formula is C32H35N5O2. The van der Waals surface area contributed by atoms with Crippen LogP contribution in [0, 0.1) is 5.92 Å². The molecule has 200 valence electrons. The van der Waals surface area contributed by atoms with Gasteiger partial charge in [0.25, 0.3) is 5.91 Å². The van der Waals surface area contributed by atoms with Crippen LogP contribution in [0.15, 0.2) is 66.9 Å². The number of hydrogen-bond donors (Lipinski definition) is 3. The van der Waals surface area contributed by atoms with Crippen LogP contribution in [0.3, 0.4) is 0 Å². The molecule has 0 unspecified atom stereocenters. The minimum absolute atomic E-state index is 0.0790. The van der Waals surface area contributed by atoms with Crippen molar-refractivity contribution in [3.63, 3.8) is 0 Å². The number of amides is 1. The van der Waals surface area contributed by atoms with Crippen LogP contribution in [-0.4, -0.2) is 44.4 Å². The summed E-state index contributed by atoms with van der Waals surface area (Å²) in [5.41, 5.74) is 5.55. The Morgan fingerprint density at radius 3 is 2.46 bits per heavy atom. The van der Waals surface area contributed by atoms with Gasteiger partial charge >= 0.3 is 0 Å². The Kier molecular flexibility index (Phi) is 6.31. The molecule has 1 amide bonds. The van der Waals surface area contributed by atoms with Crippen molar-refractivity contribution in [3.05, 3.63) is 78.1 Å². The molecule has 2 aliphatic heterocycles. The van der Waals surface area contributed by atoms with E-state index >= 15 is 0 Å². The van der Waals surface area contributed by atoms with Gasteiger partial charge in [-0.25, -0.2) is 0 Å². The summed E-state index contributed by atoms with van der Waals surface area (Å²) < 4.78 is 0. The number of hydrogen-bond acceptors (Lipinski definition) is 5. The molecule has 2 aromatic heterocycles.